The molecular formula is C24H19ClN4O2. The molecule has 0 fully saturated rings. The summed E-state index contributed by atoms with van der Waals surface area (Å²) in [5, 5.41) is 11.6. The van der Waals surface area contributed by atoms with Crippen LogP contribution >= 0.6 is 11.6 Å². The zero-order valence-electron chi connectivity index (χ0n) is 16.5. The fraction of sp³-hybridized carbons (Fsp3) is 0.0417. The lowest BCUT2D eigenvalue weighted by Gasteiger charge is -2.10. The number of hydrogen-bond donors (Lipinski definition) is 2. The summed E-state index contributed by atoms with van der Waals surface area (Å²) in [6.07, 6.45) is 1.54. The van der Waals surface area contributed by atoms with E-state index in [4.69, 9.17) is 16.3 Å². The van der Waals surface area contributed by atoms with Crippen molar-refractivity contribution < 1.29 is 9.53 Å². The highest BCUT2D eigenvalue weighted by Crippen LogP contribution is 2.29. The van der Waals surface area contributed by atoms with Crippen LogP contribution in [0.1, 0.15) is 21.6 Å². The molecule has 0 aliphatic carbocycles. The predicted octanol–water partition coefficient (Wildman–Crippen LogP) is 5.07. The second kappa shape index (κ2) is 9.73. The van der Waals surface area contributed by atoms with Crippen molar-refractivity contribution >= 4 is 23.7 Å². The highest BCUT2D eigenvalue weighted by atomic mass is 35.5. The average molecular weight is 431 g/mol. The number of ether oxygens (including phenoxy) is 1. The van der Waals surface area contributed by atoms with Gasteiger partial charge in [0.05, 0.1) is 11.9 Å². The summed E-state index contributed by atoms with van der Waals surface area (Å²) in [5.41, 5.74) is 6.06. The van der Waals surface area contributed by atoms with E-state index in [0.29, 0.717) is 28.8 Å². The third-order valence-electron chi connectivity index (χ3n) is 4.47. The van der Waals surface area contributed by atoms with E-state index in [9.17, 15) is 4.79 Å². The minimum atomic E-state index is -0.397. The van der Waals surface area contributed by atoms with E-state index in [2.05, 4.69) is 20.7 Å². The summed E-state index contributed by atoms with van der Waals surface area (Å²) in [7, 11) is 0. The van der Waals surface area contributed by atoms with Gasteiger partial charge in [-0.3, -0.25) is 9.89 Å². The minimum Gasteiger partial charge on any atom is -0.488 e. The number of aromatic nitrogens is 2. The normalized spacial score (nSPS) is 10.9. The number of hydrazone groups is 1. The highest BCUT2D eigenvalue weighted by molar-refractivity contribution is 6.30. The third kappa shape index (κ3) is 5.38. The summed E-state index contributed by atoms with van der Waals surface area (Å²) in [4.78, 5) is 12.4. The van der Waals surface area contributed by atoms with Crippen LogP contribution in [0.3, 0.4) is 0 Å². The van der Waals surface area contributed by atoms with Gasteiger partial charge in [0.1, 0.15) is 18.1 Å². The third-order valence-corrected chi connectivity index (χ3v) is 4.72. The number of para-hydroxylation sites is 1. The van der Waals surface area contributed by atoms with Crippen LogP contribution in [0.4, 0.5) is 0 Å². The van der Waals surface area contributed by atoms with Gasteiger partial charge < -0.3 is 4.74 Å². The molecule has 0 aliphatic heterocycles. The zero-order valence-corrected chi connectivity index (χ0v) is 17.2. The predicted molar refractivity (Wildman–Crippen MR) is 121 cm³/mol. The van der Waals surface area contributed by atoms with Crippen LogP contribution in [0, 0.1) is 0 Å². The molecule has 0 saturated heterocycles. The average Bonchev–Trinajstić information content (AvgIpc) is 3.30. The fourth-order valence-electron chi connectivity index (χ4n) is 2.89. The first-order valence-corrected chi connectivity index (χ1v) is 9.97. The Hall–Kier alpha value is -3.90. The zero-order chi connectivity index (χ0) is 21.5. The molecule has 0 spiro atoms. The van der Waals surface area contributed by atoms with Crippen molar-refractivity contribution in [2.24, 2.45) is 5.10 Å². The number of halogens is 1. The van der Waals surface area contributed by atoms with Crippen LogP contribution < -0.4 is 10.2 Å². The number of carbonyl (C=O) groups excluding carboxylic acids is 1. The van der Waals surface area contributed by atoms with Gasteiger partial charge in [0.2, 0.25) is 0 Å². The maximum Gasteiger partial charge on any atom is 0.289 e. The van der Waals surface area contributed by atoms with E-state index < -0.39 is 5.91 Å². The first-order valence-electron chi connectivity index (χ1n) is 9.59. The van der Waals surface area contributed by atoms with Crippen LogP contribution in [0.5, 0.6) is 5.75 Å². The van der Waals surface area contributed by atoms with Gasteiger partial charge in [-0.2, -0.15) is 10.2 Å². The Morgan fingerprint density at radius 1 is 1.03 bits per heavy atom. The van der Waals surface area contributed by atoms with Gasteiger partial charge in [-0.15, -0.1) is 0 Å². The van der Waals surface area contributed by atoms with Crippen molar-refractivity contribution in [2.75, 3.05) is 0 Å². The molecule has 0 unspecified atom stereocenters. The second-order valence-corrected chi connectivity index (χ2v) is 7.12. The molecule has 2 N–H and O–H groups in total. The van der Waals surface area contributed by atoms with Crippen LogP contribution in [0.15, 0.2) is 90.0 Å². The number of amides is 1. The maximum absolute atomic E-state index is 12.4. The Balaban J connectivity index is 1.43. The van der Waals surface area contributed by atoms with Gasteiger partial charge in [-0.05, 0) is 41.5 Å². The number of H-pyrrole nitrogens is 1. The van der Waals surface area contributed by atoms with Crippen LogP contribution in [-0.4, -0.2) is 22.3 Å². The Bertz CT molecular complexity index is 1190. The van der Waals surface area contributed by atoms with Crippen molar-refractivity contribution in [2.45, 2.75) is 6.61 Å². The molecule has 0 aliphatic rings. The first-order chi connectivity index (χ1) is 15.2. The van der Waals surface area contributed by atoms with Crippen molar-refractivity contribution in [1.29, 1.82) is 0 Å². The number of nitrogens with zero attached hydrogens (tertiary/aromatic N) is 2. The lowest BCUT2D eigenvalue weighted by molar-refractivity contribution is 0.0950. The quantitative estimate of drug-likeness (QED) is 0.317. The Kier molecular flexibility index (Phi) is 6.40. The number of aromatic amines is 1. The summed E-state index contributed by atoms with van der Waals surface area (Å²) >= 11 is 5.86. The molecular weight excluding hydrogens is 412 g/mol. The molecule has 0 atom stereocenters. The SMILES string of the molecule is O=C(N/N=C/c1ccc(Cl)cc1)c1cc(-c2ccccc2OCc2ccccc2)n[nH]1. The van der Waals surface area contributed by atoms with Crippen molar-refractivity contribution in [3.8, 4) is 17.0 Å². The Morgan fingerprint density at radius 3 is 2.58 bits per heavy atom. The molecule has 0 bridgehead atoms. The summed E-state index contributed by atoms with van der Waals surface area (Å²) < 4.78 is 5.98. The molecule has 3 aromatic carbocycles. The van der Waals surface area contributed by atoms with Crippen molar-refractivity contribution in [3.05, 3.63) is 107 Å². The maximum atomic E-state index is 12.4. The number of rotatable bonds is 7. The summed E-state index contributed by atoms with van der Waals surface area (Å²) in [5.74, 6) is 0.289. The fourth-order valence-corrected chi connectivity index (χ4v) is 3.02. The molecule has 6 nitrogen and oxygen atoms in total. The van der Waals surface area contributed by atoms with E-state index in [0.717, 1.165) is 16.7 Å². The lowest BCUT2D eigenvalue weighted by atomic mass is 10.1. The molecule has 1 heterocycles. The second-order valence-electron chi connectivity index (χ2n) is 6.69. The first kappa shape index (κ1) is 20.4. The van der Waals surface area contributed by atoms with Crippen LogP contribution in [0.2, 0.25) is 5.02 Å². The minimum absolute atomic E-state index is 0.293. The molecule has 1 aromatic heterocycles. The van der Waals surface area contributed by atoms with Gasteiger partial charge in [-0.1, -0.05) is 66.2 Å². The van der Waals surface area contributed by atoms with Crippen LogP contribution in [0.25, 0.3) is 11.3 Å². The smallest absolute Gasteiger partial charge is 0.289 e. The van der Waals surface area contributed by atoms with E-state index in [-0.39, 0.29) is 0 Å². The van der Waals surface area contributed by atoms with Crippen molar-refractivity contribution in [3.63, 3.8) is 0 Å². The van der Waals surface area contributed by atoms with Gasteiger partial charge >= 0.3 is 0 Å². The van der Waals surface area contributed by atoms with E-state index in [1.165, 1.54) is 6.21 Å². The molecule has 1 amide bonds. The molecule has 31 heavy (non-hydrogen) atoms. The van der Waals surface area contributed by atoms with Crippen molar-refractivity contribution in [1.82, 2.24) is 15.6 Å². The number of benzene rings is 3. The van der Waals surface area contributed by atoms with Gasteiger partial charge in [0, 0.05) is 10.6 Å². The summed E-state index contributed by atoms with van der Waals surface area (Å²) in [6, 6.07) is 26.3. The topological polar surface area (TPSA) is 79.4 Å². The Morgan fingerprint density at radius 2 is 1.77 bits per heavy atom. The standard InChI is InChI=1S/C24H19ClN4O2/c25-19-12-10-17(11-13-19)15-26-29-24(30)22-14-21(27-28-22)20-8-4-5-9-23(20)31-16-18-6-2-1-3-7-18/h1-15H,16H2,(H,27,28)(H,29,30)/b26-15+. The number of hydrogen-bond acceptors (Lipinski definition) is 4. The summed E-state index contributed by atoms with van der Waals surface area (Å²) in [6.45, 7) is 0.440. The van der Waals surface area contributed by atoms with Gasteiger partial charge in [0.25, 0.3) is 5.91 Å². The largest absolute Gasteiger partial charge is 0.488 e. The number of carbonyl (C=O) groups is 1. The molecule has 0 saturated carbocycles. The van der Waals surface area contributed by atoms with Gasteiger partial charge in [0.15, 0.2) is 0 Å². The van der Waals surface area contributed by atoms with E-state index in [1.807, 2.05) is 54.6 Å². The molecule has 0 radical (unpaired) electrons. The molecule has 7 heteroatoms. The van der Waals surface area contributed by atoms with E-state index in [1.54, 1.807) is 30.3 Å². The highest BCUT2D eigenvalue weighted by Gasteiger charge is 2.13. The Labute approximate surface area is 184 Å². The van der Waals surface area contributed by atoms with E-state index >= 15 is 0 Å². The van der Waals surface area contributed by atoms with Crippen LogP contribution in [-0.2, 0) is 6.61 Å². The van der Waals surface area contributed by atoms with Gasteiger partial charge in [-0.25, -0.2) is 5.43 Å². The molecule has 4 aromatic rings. The molecule has 4 rings (SSSR count). The monoisotopic (exact) mass is 430 g/mol. The number of nitrogens with one attached hydrogen (secondary N) is 2. The lowest BCUT2D eigenvalue weighted by Crippen LogP contribution is -2.17. The molecule has 154 valence electrons.